The normalized spacial score (nSPS) is 13.2. The van der Waals surface area contributed by atoms with Crippen LogP contribution in [0.2, 0.25) is 0 Å². The third-order valence-electron chi connectivity index (χ3n) is 2.80. The highest BCUT2D eigenvalue weighted by molar-refractivity contribution is 5.80. The summed E-state index contributed by atoms with van der Waals surface area (Å²) in [5.41, 5.74) is 2.19. The molecule has 1 heterocycles. The maximum atomic E-state index is 9.52. The maximum Gasteiger partial charge on any atom is 0.134 e. The van der Waals surface area contributed by atoms with Gasteiger partial charge in [0.25, 0.3) is 0 Å². The fraction of sp³-hybridized carbons (Fsp3) is 0.385. The van der Waals surface area contributed by atoms with Crippen LogP contribution in [0.1, 0.15) is 25.3 Å². The van der Waals surface area contributed by atoms with Crippen LogP contribution in [0.4, 0.5) is 0 Å². The molecule has 2 rings (SSSR count). The second kappa shape index (κ2) is 4.49. The van der Waals surface area contributed by atoms with Crippen LogP contribution in [0.3, 0.4) is 0 Å². The zero-order chi connectivity index (χ0) is 10.7. The van der Waals surface area contributed by atoms with Crippen LogP contribution in [0, 0.1) is 0 Å². The molecule has 0 bridgehead atoms. The van der Waals surface area contributed by atoms with E-state index in [1.54, 1.807) is 6.26 Å². The zero-order valence-electron chi connectivity index (χ0n) is 8.94. The van der Waals surface area contributed by atoms with E-state index in [1.807, 2.05) is 25.1 Å². The van der Waals surface area contributed by atoms with Gasteiger partial charge in [-0.25, -0.2) is 0 Å². The van der Waals surface area contributed by atoms with Crippen LogP contribution in [-0.2, 0) is 6.42 Å². The van der Waals surface area contributed by atoms with Crippen molar-refractivity contribution in [2.75, 3.05) is 0 Å². The maximum absolute atomic E-state index is 9.52. The molecule has 2 nitrogen and oxygen atoms in total. The average molecular weight is 204 g/mol. The molecule has 80 valence electrons. The van der Waals surface area contributed by atoms with Gasteiger partial charge in [0.1, 0.15) is 5.58 Å². The van der Waals surface area contributed by atoms with E-state index in [0.29, 0.717) is 0 Å². The lowest BCUT2D eigenvalue weighted by Crippen LogP contribution is -2.05. The van der Waals surface area contributed by atoms with Gasteiger partial charge in [0.05, 0.1) is 12.4 Å². The molecule has 1 aromatic carbocycles. The minimum atomic E-state index is -0.188. The van der Waals surface area contributed by atoms with E-state index in [2.05, 4.69) is 6.07 Å². The Morgan fingerprint density at radius 3 is 3.00 bits per heavy atom. The van der Waals surface area contributed by atoms with Crippen molar-refractivity contribution in [2.24, 2.45) is 0 Å². The van der Waals surface area contributed by atoms with Crippen LogP contribution in [0.25, 0.3) is 11.0 Å². The number of aryl methyl sites for hydroxylation is 1. The van der Waals surface area contributed by atoms with E-state index in [-0.39, 0.29) is 6.10 Å². The Morgan fingerprint density at radius 2 is 2.20 bits per heavy atom. The largest absolute Gasteiger partial charge is 0.464 e. The molecule has 1 N–H and O–H groups in total. The summed E-state index contributed by atoms with van der Waals surface area (Å²) in [4.78, 5) is 0. The Balaban J connectivity index is 2.17. The summed E-state index contributed by atoms with van der Waals surface area (Å²) in [6.45, 7) is 2.00. The molecule has 0 aliphatic heterocycles. The summed E-state index contributed by atoms with van der Waals surface area (Å²) in [6.07, 6.45) is 4.07. The fourth-order valence-corrected chi connectivity index (χ4v) is 1.80. The highest BCUT2D eigenvalue weighted by atomic mass is 16.3. The summed E-state index contributed by atoms with van der Waals surface area (Å²) in [6, 6.07) is 8.05. The molecule has 0 aliphatic rings. The van der Waals surface area contributed by atoms with Crippen molar-refractivity contribution >= 4 is 11.0 Å². The molecule has 2 heteroatoms. The first kappa shape index (κ1) is 10.2. The van der Waals surface area contributed by atoms with Crippen LogP contribution in [0.15, 0.2) is 34.9 Å². The van der Waals surface area contributed by atoms with E-state index in [9.17, 15) is 5.11 Å². The van der Waals surface area contributed by atoms with Gasteiger partial charge >= 0.3 is 0 Å². The van der Waals surface area contributed by atoms with Crippen molar-refractivity contribution in [1.82, 2.24) is 0 Å². The molecule has 0 aliphatic carbocycles. The van der Waals surface area contributed by atoms with Crippen LogP contribution < -0.4 is 0 Å². The molecular weight excluding hydrogens is 188 g/mol. The molecule has 15 heavy (non-hydrogen) atoms. The Kier molecular flexibility index (Phi) is 3.07. The summed E-state index contributed by atoms with van der Waals surface area (Å²) in [5.74, 6) is 0. The van der Waals surface area contributed by atoms with Crippen molar-refractivity contribution in [3.05, 3.63) is 36.1 Å². The zero-order valence-corrected chi connectivity index (χ0v) is 8.94. The number of rotatable bonds is 4. The van der Waals surface area contributed by atoms with Gasteiger partial charge in [0, 0.05) is 5.39 Å². The van der Waals surface area contributed by atoms with Gasteiger partial charge in [0.15, 0.2) is 0 Å². The number of hydrogen-bond acceptors (Lipinski definition) is 2. The highest BCUT2D eigenvalue weighted by Crippen LogP contribution is 2.21. The fourth-order valence-electron chi connectivity index (χ4n) is 1.80. The molecular formula is C13H16O2. The standard InChI is InChI=1S/C13H16O2/c1-2-11(14)7-6-10-4-3-5-13-12(10)8-9-15-13/h3-5,8-9,11,14H,2,6-7H2,1H3. The minimum Gasteiger partial charge on any atom is -0.464 e. The molecule has 0 fully saturated rings. The summed E-state index contributed by atoms with van der Waals surface area (Å²) >= 11 is 0. The second-order valence-electron chi connectivity index (χ2n) is 3.85. The van der Waals surface area contributed by atoms with Crippen LogP contribution in [0.5, 0.6) is 0 Å². The number of aliphatic hydroxyl groups is 1. The minimum absolute atomic E-state index is 0.188. The quantitative estimate of drug-likeness (QED) is 0.830. The topological polar surface area (TPSA) is 33.4 Å². The molecule has 0 amide bonds. The van der Waals surface area contributed by atoms with Gasteiger partial charge in [-0.3, -0.25) is 0 Å². The van der Waals surface area contributed by atoms with Gasteiger partial charge in [-0.1, -0.05) is 19.1 Å². The summed E-state index contributed by atoms with van der Waals surface area (Å²) < 4.78 is 5.33. The molecule has 1 unspecified atom stereocenters. The molecule has 0 saturated heterocycles. The van der Waals surface area contributed by atoms with E-state index in [1.165, 1.54) is 10.9 Å². The molecule has 0 saturated carbocycles. The lowest BCUT2D eigenvalue weighted by molar-refractivity contribution is 0.161. The lowest BCUT2D eigenvalue weighted by Gasteiger charge is -2.07. The highest BCUT2D eigenvalue weighted by Gasteiger charge is 2.05. The van der Waals surface area contributed by atoms with Crippen molar-refractivity contribution in [3.8, 4) is 0 Å². The van der Waals surface area contributed by atoms with Gasteiger partial charge in [-0.05, 0) is 37.0 Å². The molecule has 1 aromatic heterocycles. The lowest BCUT2D eigenvalue weighted by atomic mass is 10.0. The molecule has 0 spiro atoms. The second-order valence-corrected chi connectivity index (χ2v) is 3.85. The first-order chi connectivity index (χ1) is 7.31. The summed E-state index contributed by atoms with van der Waals surface area (Å²) in [5, 5.41) is 10.7. The van der Waals surface area contributed by atoms with Gasteiger partial charge in [-0.15, -0.1) is 0 Å². The van der Waals surface area contributed by atoms with E-state index in [4.69, 9.17) is 4.42 Å². The molecule has 1 atom stereocenters. The van der Waals surface area contributed by atoms with E-state index >= 15 is 0 Å². The average Bonchev–Trinajstić information content (AvgIpc) is 2.74. The van der Waals surface area contributed by atoms with Crippen molar-refractivity contribution in [3.63, 3.8) is 0 Å². The Hall–Kier alpha value is -1.28. The summed E-state index contributed by atoms with van der Waals surface area (Å²) in [7, 11) is 0. The molecule has 0 radical (unpaired) electrons. The predicted molar refractivity (Wildman–Crippen MR) is 60.8 cm³/mol. The van der Waals surface area contributed by atoms with E-state index < -0.39 is 0 Å². The first-order valence-corrected chi connectivity index (χ1v) is 5.44. The SMILES string of the molecule is CCC(O)CCc1cccc2occc12. The number of fused-ring (bicyclic) bond motifs is 1. The van der Waals surface area contributed by atoms with Gasteiger partial charge in [0.2, 0.25) is 0 Å². The van der Waals surface area contributed by atoms with Crippen LogP contribution in [-0.4, -0.2) is 11.2 Å². The Morgan fingerprint density at radius 1 is 1.33 bits per heavy atom. The van der Waals surface area contributed by atoms with Gasteiger partial charge in [-0.2, -0.15) is 0 Å². The number of furan rings is 1. The Bertz CT molecular complexity index is 431. The smallest absolute Gasteiger partial charge is 0.134 e. The number of hydrogen-bond donors (Lipinski definition) is 1. The third-order valence-corrected chi connectivity index (χ3v) is 2.80. The monoisotopic (exact) mass is 204 g/mol. The number of aliphatic hydroxyl groups excluding tert-OH is 1. The van der Waals surface area contributed by atoms with E-state index in [0.717, 1.165) is 24.8 Å². The predicted octanol–water partition coefficient (Wildman–Crippen LogP) is 3.14. The molecule has 2 aromatic rings. The van der Waals surface area contributed by atoms with Gasteiger partial charge < -0.3 is 9.52 Å². The van der Waals surface area contributed by atoms with Crippen molar-refractivity contribution in [2.45, 2.75) is 32.3 Å². The van der Waals surface area contributed by atoms with Crippen molar-refractivity contribution in [1.29, 1.82) is 0 Å². The Labute approximate surface area is 89.5 Å². The third kappa shape index (κ3) is 2.21. The first-order valence-electron chi connectivity index (χ1n) is 5.44. The van der Waals surface area contributed by atoms with Crippen LogP contribution >= 0.6 is 0 Å². The van der Waals surface area contributed by atoms with Crippen molar-refractivity contribution < 1.29 is 9.52 Å². The number of benzene rings is 1.